The van der Waals surface area contributed by atoms with Gasteiger partial charge in [0.25, 0.3) is 5.92 Å². The zero-order valence-corrected chi connectivity index (χ0v) is 9.52. The van der Waals surface area contributed by atoms with Crippen molar-refractivity contribution in [1.82, 2.24) is 5.32 Å². The first kappa shape index (κ1) is 11.5. The molecule has 0 aliphatic heterocycles. The Hall–Kier alpha value is -0.960. The molecule has 0 saturated carbocycles. The predicted octanol–water partition coefficient (Wildman–Crippen LogP) is 2.88. The van der Waals surface area contributed by atoms with E-state index in [0.717, 1.165) is 24.8 Å². The van der Waals surface area contributed by atoms with Crippen LogP contribution in [0.1, 0.15) is 29.5 Å². The van der Waals surface area contributed by atoms with Crippen LogP contribution >= 0.6 is 0 Å². The molecule has 1 aromatic rings. The molecule has 88 valence electrons. The lowest BCUT2D eigenvalue weighted by Gasteiger charge is -2.17. The molecule has 0 amide bonds. The van der Waals surface area contributed by atoms with Crippen molar-refractivity contribution in [2.75, 3.05) is 13.6 Å². The zero-order valence-electron chi connectivity index (χ0n) is 9.52. The maximum atomic E-state index is 13.8. The van der Waals surface area contributed by atoms with Crippen molar-refractivity contribution in [3.63, 3.8) is 0 Å². The van der Waals surface area contributed by atoms with Crippen LogP contribution in [0.3, 0.4) is 0 Å². The van der Waals surface area contributed by atoms with Crippen LogP contribution in [0.15, 0.2) is 18.2 Å². The van der Waals surface area contributed by atoms with Crippen molar-refractivity contribution in [2.45, 2.75) is 31.6 Å². The molecular weight excluding hydrogens is 208 g/mol. The van der Waals surface area contributed by atoms with Crippen molar-refractivity contribution in [3.05, 3.63) is 34.9 Å². The van der Waals surface area contributed by atoms with Gasteiger partial charge in [-0.2, -0.15) is 0 Å². The van der Waals surface area contributed by atoms with E-state index in [0.29, 0.717) is 6.54 Å². The van der Waals surface area contributed by atoms with Crippen LogP contribution in [0.4, 0.5) is 8.78 Å². The largest absolute Gasteiger partial charge is 0.320 e. The number of fused-ring (bicyclic) bond motifs is 1. The van der Waals surface area contributed by atoms with Crippen molar-refractivity contribution >= 4 is 0 Å². The molecule has 0 radical (unpaired) electrons. The summed E-state index contributed by atoms with van der Waals surface area (Å²) in [4.78, 5) is 0. The van der Waals surface area contributed by atoms with Crippen molar-refractivity contribution < 1.29 is 8.78 Å². The lowest BCUT2D eigenvalue weighted by atomic mass is 10.0. The molecule has 0 fully saturated rings. The van der Waals surface area contributed by atoms with E-state index >= 15 is 0 Å². The van der Waals surface area contributed by atoms with Gasteiger partial charge in [0, 0.05) is 18.5 Å². The number of hydrogen-bond acceptors (Lipinski definition) is 1. The second-order valence-electron chi connectivity index (χ2n) is 4.40. The second-order valence-corrected chi connectivity index (χ2v) is 4.40. The Labute approximate surface area is 94.9 Å². The van der Waals surface area contributed by atoms with Crippen LogP contribution < -0.4 is 5.32 Å². The average Bonchev–Trinajstić information content (AvgIpc) is 2.73. The van der Waals surface area contributed by atoms with Gasteiger partial charge in [-0.3, -0.25) is 0 Å². The minimum absolute atomic E-state index is 0.137. The molecule has 0 atom stereocenters. The minimum atomic E-state index is -2.71. The Morgan fingerprint density at radius 2 is 2.00 bits per heavy atom. The van der Waals surface area contributed by atoms with Crippen molar-refractivity contribution in [1.29, 1.82) is 0 Å². The summed E-state index contributed by atoms with van der Waals surface area (Å²) < 4.78 is 27.5. The highest BCUT2D eigenvalue weighted by molar-refractivity contribution is 5.36. The van der Waals surface area contributed by atoms with Crippen LogP contribution in [0.5, 0.6) is 0 Å². The molecule has 1 aromatic carbocycles. The fourth-order valence-corrected chi connectivity index (χ4v) is 2.23. The number of halogens is 2. The SMILES string of the molecule is CNCCC(F)(F)c1ccc2c(c1)CCC2. The van der Waals surface area contributed by atoms with Gasteiger partial charge in [-0.25, -0.2) is 8.78 Å². The zero-order chi connectivity index (χ0) is 11.6. The third-order valence-electron chi connectivity index (χ3n) is 3.21. The van der Waals surface area contributed by atoms with Crippen LogP contribution in [0.25, 0.3) is 0 Å². The molecule has 0 spiro atoms. The van der Waals surface area contributed by atoms with Crippen LogP contribution in [0.2, 0.25) is 0 Å². The summed E-state index contributed by atoms with van der Waals surface area (Å²) in [5.41, 5.74) is 2.53. The summed E-state index contributed by atoms with van der Waals surface area (Å²) in [5.74, 6) is -2.71. The highest BCUT2D eigenvalue weighted by Gasteiger charge is 2.31. The Balaban J connectivity index is 2.20. The van der Waals surface area contributed by atoms with E-state index in [4.69, 9.17) is 0 Å². The van der Waals surface area contributed by atoms with Gasteiger partial charge in [0.15, 0.2) is 0 Å². The highest BCUT2D eigenvalue weighted by Crippen LogP contribution is 2.34. The number of hydrogen-bond donors (Lipinski definition) is 1. The molecule has 0 heterocycles. The monoisotopic (exact) mass is 225 g/mol. The summed E-state index contributed by atoms with van der Waals surface area (Å²) in [6, 6.07) is 5.14. The van der Waals surface area contributed by atoms with E-state index in [1.165, 1.54) is 5.56 Å². The number of aryl methyl sites for hydroxylation is 2. The standard InChI is InChI=1S/C13H17F2N/c1-16-8-7-13(14,15)12-6-5-10-3-2-4-11(10)9-12/h5-6,9,16H,2-4,7-8H2,1H3. The van der Waals surface area contributed by atoms with Gasteiger partial charge in [-0.15, -0.1) is 0 Å². The van der Waals surface area contributed by atoms with E-state index in [9.17, 15) is 8.78 Å². The minimum Gasteiger partial charge on any atom is -0.320 e. The lowest BCUT2D eigenvalue weighted by molar-refractivity contribution is -0.0124. The second kappa shape index (κ2) is 4.50. The first-order valence-corrected chi connectivity index (χ1v) is 5.78. The molecular formula is C13H17F2N. The molecule has 1 aliphatic carbocycles. The van der Waals surface area contributed by atoms with Crippen LogP contribution in [0, 0.1) is 0 Å². The molecule has 16 heavy (non-hydrogen) atoms. The van der Waals surface area contributed by atoms with Crippen molar-refractivity contribution in [2.24, 2.45) is 0 Å². The van der Waals surface area contributed by atoms with E-state index in [2.05, 4.69) is 5.32 Å². The molecule has 0 bridgehead atoms. The van der Waals surface area contributed by atoms with Crippen LogP contribution in [-0.4, -0.2) is 13.6 Å². The third-order valence-corrected chi connectivity index (χ3v) is 3.21. The molecule has 1 N–H and O–H groups in total. The number of alkyl halides is 2. The average molecular weight is 225 g/mol. The molecule has 3 heteroatoms. The van der Waals surface area contributed by atoms with E-state index < -0.39 is 5.92 Å². The lowest BCUT2D eigenvalue weighted by Crippen LogP contribution is -2.21. The van der Waals surface area contributed by atoms with Gasteiger partial charge in [0.1, 0.15) is 0 Å². The summed E-state index contributed by atoms with van der Waals surface area (Å²) >= 11 is 0. The van der Waals surface area contributed by atoms with Gasteiger partial charge in [-0.05, 0) is 43.5 Å². The van der Waals surface area contributed by atoms with E-state index in [1.54, 1.807) is 19.2 Å². The quantitative estimate of drug-likeness (QED) is 0.830. The van der Waals surface area contributed by atoms with Gasteiger partial charge < -0.3 is 5.32 Å². The van der Waals surface area contributed by atoms with E-state index in [-0.39, 0.29) is 12.0 Å². The smallest absolute Gasteiger partial charge is 0.274 e. The van der Waals surface area contributed by atoms with Crippen molar-refractivity contribution in [3.8, 4) is 0 Å². The van der Waals surface area contributed by atoms with Gasteiger partial charge >= 0.3 is 0 Å². The third kappa shape index (κ3) is 2.24. The molecule has 0 unspecified atom stereocenters. The summed E-state index contributed by atoms with van der Waals surface area (Å²) in [6.45, 7) is 0.337. The molecule has 1 nitrogen and oxygen atoms in total. The Morgan fingerprint density at radius 1 is 1.25 bits per heavy atom. The first-order chi connectivity index (χ1) is 7.63. The summed E-state index contributed by atoms with van der Waals surface area (Å²) in [6.07, 6.45) is 2.95. The van der Waals surface area contributed by atoms with Gasteiger partial charge in [0.2, 0.25) is 0 Å². The molecule has 0 aromatic heterocycles. The Morgan fingerprint density at radius 3 is 2.75 bits per heavy atom. The normalized spacial score (nSPS) is 15.2. The molecule has 2 rings (SSSR count). The topological polar surface area (TPSA) is 12.0 Å². The van der Waals surface area contributed by atoms with E-state index in [1.807, 2.05) is 6.07 Å². The maximum absolute atomic E-state index is 13.8. The maximum Gasteiger partial charge on any atom is 0.274 e. The summed E-state index contributed by atoms with van der Waals surface area (Å²) in [5, 5.41) is 2.77. The molecule has 0 saturated heterocycles. The fourth-order valence-electron chi connectivity index (χ4n) is 2.23. The Kier molecular flexibility index (Phi) is 3.24. The highest BCUT2D eigenvalue weighted by atomic mass is 19.3. The number of rotatable bonds is 4. The first-order valence-electron chi connectivity index (χ1n) is 5.78. The summed E-state index contributed by atoms with van der Waals surface area (Å²) in [7, 11) is 1.69. The fraction of sp³-hybridized carbons (Fsp3) is 0.538. The number of nitrogens with one attached hydrogen (secondary N) is 1. The molecule has 1 aliphatic rings. The van der Waals surface area contributed by atoms with Gasteiger partial charge in [-0.1, -0.05) is 12.1 Å². The Bertz CT molecular complexity index is 374. The van der Waals surface area contributed by atoms with Crippen LogP contribution in [-0.2, 0) is 18.8 Å². The predicted molar refractivity (Wildman–Crippen MR) is 60.9 cm³/mol. The number of benzene rings is 1. The van der Waals surface area contributed by atoms with Gasteiger partial charge in [0.05, 0.1) is 0 Å².